The zero-order chi connectivity index (χ0) is 13.8. The standard InChI is InChI=1S/C12H18ClNO3S/c1-3-18(15,16)7-6-17-12-5-4-10(9(2)14)8-11(12)13/h4-5,8-9H,3,6-7,14H2,1-2H3. The maximum atomic E-state index is 11.3. The molecule has 6 heteroatoms. The average molecular weight is 292 g/mol. The van der Waals surface area contributed by atoms with Gasteiger partial charge in [0.25, 0.3) is 0 Å². The number of nitrogens with two attached hydrogens (primary N) is 1. The lowest BCUT2D eigenvalue weighted by Crippen LogP contribution is -2.15. The highest BCUT2D eigenvalue weighted by molar-refractivity contribution is 7.91. The van der Waals surface area contributed by atoms with Gasteiger partial charge in [-0.15, -0.1) is 0 Å². The van der Waals surface area contributed by atoms with Crippen molar-refractivity contribution in [3.05, 3.63) is 28.8 Å². The molecule has 4 nitrogen and oxygen atoms in total. The molecule has 0 saturated heterocycles. The summed E-state index contributed by atoms with van der Waals surface area (Å²) in [6, 6.07) is 5.16. The summed E-state index contributed by atoms with van der Waals surface area (Å²) in [4.78, 5) is 0. The molecule has 0 aliphatic rings. The molecule has 0 saturated carbocycles. The van der Waals surface area contributed by atoms with Crippen LogP contribution in [0.4, 0.5) is 0 Å². The van der Waals surface area contributed by atoms with Crippen LogP contribution in [0.3, 0.4) is 0 Å². The molecule has 0 heterocycles. The first-order valence-electron chi connectivity index (χ1n) is 5.74. The van der Waals surface area contributed by atoms with Crippen molar-refractivity contribution >= 4 is 21.4 Å². The van der Waals surface area contributed by atoms with Crippen LogP contribution in [-0.2, 0) is 9.84 Å². The van der Waals surface area contributed by atoms with Crippen LogP contribution in [0.5, 0.6) is 5.75 Å². The molecule has 0 aliphatic carbocycles. The Morgan fingerprint density at radius 2 is 2.11 bits per heavy atom. The van der Waals surface area contributed by atoms with Crippen molar-refractivity contribution in [2.75, 3.05) is 18.1 Å². The minimum atomic E-state index is -3.01. The second-order valence-corrected chi connectivity index (χ2v) is 6.94. The number of hydrogen-bond donors (Lipinski definition) is 1. The Kier molecular flexibility index (Phi) is 5.44. The van der Waals surface area contributed by atoms with Crippen molar-refractivity contribution in [3.63, 3.8) is 0 Å². The van der Waals surface area contributed by atoms with Gasteiger partial charge in [-0.2, -0.15) is 0 Å². The number of ether oxygens (including phenoxy) is 1. The van der Waals surface area contributed by atoms with Crippen LogP contribution in [0.2, 0.25) is 5.02 Å². The summed E-state index contributed by atoms with van der Waals surface area (Å²) in [7, 11) is -3.01. The van der Waals surface area contributed by atoms with E-state index >= 15 is 0 Å². The van der Waals surface area contributed by atoms with Crippen LogP contribution in [-0.4, -0.2) is 26.5 Å². The van der Waals surface area contributed by atoms with Crippen LogP contribution in [0.15, 0.2) is 18.2 Å². The first-order chi connectivity index (χ1) is 8.35. The molecule has 1 unspecified atom stereocenters. The molecule has 0 aliphatic heterocycles. The van der Waals surface area contributed by atoms with Gasteiger partial charge in [0.2, 0.25) is 0 Å². The van der Waals surface area contributed by atoms with Crippen molar-refractivity contribution < 1.29 is 13.2 Å². The van der Waals surface area contributed by atoms with Crippen molar-refractivity contribution in [2.45, 2.75) is 19.9 Å². The van der Waals surface area contributed by atoms with Gasteiger partial charge in [0.15, 0.2) is 9.84 Å². The summed E-state index contributed by atoms with van der Waals surface area (Å²) in [5.41, 5.74) is 6.64. The maximum Gasteiger partial charge on any atom is 0.153 e. The highest BCUT2D eigenvalue weighted by Crippen LogP contribution is 2.27. The van der Waals surface area contributed by atoms with Crippen LogP contribution in [0.1, 0.15) is 25.5 Å². The third-order valence-corrected chi connectivity index (χ3v) is 4.54. The van der Waals surface area contributed by atoms with Crippen LogP contribution >= 0.6 is 11.6 Å². The third-order valence-electron chi connectivity index (χ3n) is 2.57. The molecule has 1 aromatic carbocycles. The van der Waals surface area contributed by atoms with E-state index < -0.39 is 9.84 Å². The van der Waals surface area contributed by atoms with Crippen molar-refractivity contribution in [3.8, 4) is 5.75 Å². The first kappa shape index (κ1) is 15.3. The van der Waals surface area contributed by atoms with Crippen LogP contribution < -0.4 is 10.5 Å². The molecule has 18 heavy (non-hydrogen) atoms. The fraction of sp³-hybridized carbons (Fsp3) is 0.500. The molecule has 0 spiro atoms. The zero-order valence-electron chi connectivity index (χ0n) is 10.5. The van der Waals surface area contributed by atoms with E-state index in [0.717, 1.165) is 5.56 Å². The van der Waals surface area contributed by atoms with Crippen LogP contribution in [0.25, 0.3) is 0 Å². The molecule has 2 N–H and O–H groups in total. The summed E-state index contributed by atoms with van der Waals surface area (Å²) >= 11 is 6.03. The monoisotopic (exact) mass is 291 g/mol. The predicted octanol–water partition coefficient (Wildman–Crippen LogP) is 2.17. The molecule has 0 aromatic heterocycles. The Bertz CT molecular complexity index is 500. The number of benzene rings is 1. The SMILES string of the molecule is CCS(=O)(=O)CCOc1ccc(C(C)N)cc1Cl. The maximum absolute atomic E-state index is 11.3. The lowest BCUT2D eigenvalue weighted by Gasteiger charge is -2.11. The molecule has 1 atom stereocenters. The highest BCUT2D eigenvalue weighted by atomic mass is 35.5. The molecule has 1 rings (SSSR count). The quantitative estimate of drug-likeness (QED) is 0.872. The second kappa shape index (κ2) is 6.41. The Balaban J connectivity index is 2.64. The summed E-state index contributed by atoms with van der Waals surface area (Å²) in [6.07, 6.45) is 0. The Hall–Kier alpha value is -0.780. The second-order valence-electron chi connectivity index (χ2n) is 4.06. The smallest absolute Gasteiger partial charge is 0.153 e. The largest absolute Gasteiger partial charge is 0.491 e. The lowest BCUT2D eigenvalue weighted by molar-refractivity contribution is 0.341. The van der Waals surface area contributed by atoms with Gasteiger partial charge >= 0.3 is 0 Å². The molecule has 0 amide bonds. The number of hydrogen-bond acceptors (Lipinski definition) is 4. The first-order valence-corrected chi connectivity index (χ1v) is 7.94. The van der Waals surface area contributed by atoms with E-state index in [1.54, 1.807) is 19.1 Å². The van der Waals surface area contributed by atoms with E-state index in [-0.39, 0.29) is 24.2 Å². The van der Waals surface area contributed by atoms with Gasteiger partial charge in [-0.1, -0.05) is 24.6 Å². The van der Waals surface area contributed by atoms with E-state index in [1.807, 2.05) is 13.0 Å². The van der Waals surface area contributed by atoms with Crippen LogP contribution in [0, 0.1) is 0 Å². The molecule has 0 radical (unpaired) electrons. The Labute approximate surface area is 113 Å². The summed E-state index contributed by atoms with van der Waals surface area (Å²) < 4.78 is 27.9. The number of sulfone groups is 1. The van der Waals surface area contributed by atoms with E-state index in [1.165, 1.54) is 0 Å². The molecule has 1 aromatic rings. The van der Waals surface area contributed by atoms with Gasteiger partial charge in [0, 0.05) is 11.8 Å². The van der Waals surface area contributed by atoms with Gasteiger partial charge in [0.1, 0.15) is 12.4 Å². The minimum Gasteiger partial charge on any atom is -0.491 e. The lowest BCUT2D eigenvalue weighted by atomic mass is 10.1. The highest BCUT2D eigenvalue weighted by Gasteiger charge is 2.09. The molecule has 0 fully saturated rings. The van der Waals surface area contributed by atoms with Gasteiger partial charge in [0.05, 0.1) is 10.8 Å². The van der Waals surface area contributed by atoms with E-state index in [4.69, 9.17) is 22.1 Å². The van der Waals surface area contributed by atoms with Crippen molar-refractivity contribution in [2.24, 2.45) is 5.73 Å². The third kappa shape index (κ3) is 4.48. The molecule has 0 bridgehead atoms. The van der Waals surface area contributed by atoms with Gasteiger partial charge < -0.3 is 10.5 Å². The molecular weight excluding hydrogens is 274 g/mol. The molecule has 102 valence electrons. The summed E-state index contributed by atoms with van der Waals surface area (Å²) in [5.74, 6) is 0.593. The normalized spacial score (nSPS) is 13.3. The van der Waals surface area contributed by atoms with E-state index in [2.05, 4.69) is 0 Å². The van der Waals surface area contributed by atoms with Crippen molar-refractivity contribution in [1.82, 2.24) is 0 Å². The van der Waals surface area contributed by atoms with E-state index in [0.29, 0.717) is 10.8 Å². The Morgan fingerprint density at radius 3 is 2.61 bits per heavy atom. The van der Waals surface area contributed by atoms with Gasteiger partial charge in [-0.05, 0) is 24.6 Å². The summed E-state index contributed by atoms with van der Waals surface area (Å²) in [6.45, 7) is 3.58. The topological polar surface area (TPSA) is 69.4 Å². The molecular formula is C12H18ClNO3S. The van der Waals surface area contributed by atoms with Gasteiger partial charge in [-0.3, -0.25) is 0 Å². The number of rotatable bonds is 6. The van der Waals surface area contributed by atoms with E-state index in [9.17, 15) is 8.42 Å². The minimum absolute atomic E-state index is 0.00509. The predicted molar refractivity (Wildman–Crippen MR) is 73.9 cm³/mol. The van der Waals surface area contributed by atoms with Crippen molar-refractivity contribution in [1.29, 1.82) is 0 Å². The Morgan fingerprint density at radius 1 is 1.44 bits per heavy atom. The number of halogens is 1. The fourth-order valence-corrected chi connectivity index (χ4v) is 2.21. The zero-order valence-corrected chi connectivity index (χ0v) is 12.1. The summed E-state index contributed by atoms with van der Waals surface area (Å²) in [5, 5.41) is 0.443. The van der Waals surface area contributed by atoms with Gasteiger partial charge in [-0.25, -0.2) is 8.42 Å². The average Bonchev–Trinajstić information content (AvgIpc) is 2.31. The fourth-order valence-electron chi connectivity index (χ4n) is 1.34.